The first-order valence-corrected chi connectivity index (χ1v) is 8.09. The van der Waals surface area contributed by atoms with Crippen LogP contribution in [0.5, 0.6) is 0 Å². The lowest BCUT2D eigenvalue weighted by molar-refractivity contribution is 0.713. The molecule has 2 aromatic rings. The predicted molar refractivity (Wildman–Crippen MR) is 91.3 cm³/mol. The molecule has 0 amide bonds. The van der Waals surface area contributed by atoms with E-state index in [4.69, 9.17) is 4.98 Å². The summed E-state index contributed by atoms with van der Waals surface area (Å²) in [5, 5.41) is 3.38. The fourth-order valence-corrected chi connectivity index (χ4v) is 2.79. The summed E-state index contributed by atoms with van der Waals surface area (Å²) in [7, 11) is 0. The van der Waals surface area contributed by atoms with E-state index in [2.05, 4.69) is 59.4 Å². The van der Waals surface area contributed by atoms with Crippen LogP contribution in [0, 0.1) is 6.92 Å². The predicted octanol–water partition coefficient (Wildman–Crippen LogP) is 3.56. The average Bonchev–Trinajstić information content (AvgIpc) is 2.53. The molecule has 1 atom stereocenters. The number of hydrogen-bond donors (Lipinski definition) is 1. The molecule has 1 aromatic carbocycles. The van der Waals surface area contributed by atoms with Crippen molar-refractivity contribution >= 4 is 11.8 Å². The zero-order valence-electron chi connectivity index (χ0n) is 13.6. The Labute approximate surface area is 132 Å². The monoisotopic (exact) mass is 296 g/mol. The van der Waals surface area contributed by atoms with Gasteiger partial charge in [0.25, 0.3) is 0 Å². The molecule has 0 saturated heterocycles. The molecule has 0 aliphatic carbocycles. The lowest BCUT2D eigenvalue weighted by Crippen LogP contribution is -2.31. The van der Waals surface area contributed by atoms with E-state index in [9.17, 15) is 0 Å². The van der Waals surface area contributed by atoms with Gasteiger partial charge in [-0.2, -0.15) is 4.98 Å². The summed E-state index contributed by atoms with van der Waals surface area (Å²) in [5.41, 5.74) is 3.87. The Bertz CT molecular complexity index is 653. The molecule has 22 heavy (non-hydrogen) atoms. The molecule has 1 aliphatic rings. The number of nitrogens with one attached hydrogen (secondary N) is 1. The Morgan fingerprint density at radius 3 is 2.77 bits per heavy atom. The van der Waals surface area contributed by atoms with Crippen LogP contribution in [0.2, 0.25) is 0 Å². The van der Waals surface area contributed by atoms with E-state index < -0.39 is 0 Å². The maximum atomic E-state index is 4.72. The molecule has 1 unspecified atom stereocenters. The van der Waals surface area contributed by atoms with Crippen molar-refractivity contribution in [3.8, 4) is 0 Å². The van der Waals surface area contributed by atoms with E-state index >= 15 is 0 Å². The highest BCUT2D eigenvalue weighted by Gasteiger charge is 2.18. The van der Waals surface area contributed by atoms with Gasteiger partial charge in [0.2, 0.25) is 5.95 Å². The molecule has 1 aliphatic heterocycles. The van der Waals surface area contributed by atoms with Crippen LogP contribution in [-0.4, -0.2) is 22.6 Å². The smallest absolute Gasteiger partial charge is 0.225 e. The Hall–Kier alpha value is -2.10. The van der Waals surface area contributed by atoms with Crippen molar-refractivity contribution in [3.05, 3.63) is 47.2 Å². The highest BCUT2D eigenvalue weighted by molar-refractivity contribution is 5.48. The summed E-state index contributed by atoms with van der Waals surface area (Å²) in [5.74, 6) is 1.76. The van der Waals surface area contributed by atoms with Gasteiger partial charge in [0.15, 0.2) is 0 Å². The van der Waals surface area contributed by atoms with Gasteiger partial charge in [-0.3, -0.25) is 0 Å². The zero-order valence-corrected chi connectivity index (χ0v) is 13.6. The number of fused-ring (bicyclic) bond motifs is 1. The minimum Gasteiger partial charge on any atom is -0.352 e. The largest absolute Gasteiger partial charge is 0.352 e. The van der Waals surface area contributed by atoms with Gasteiger partial charge in [-0.05, 0) is 37.8 Å². The summed E-state index contributed by atoms with van der Waals surface area (Å²) in [6.07, 6.45) is 2.14. The van der Waals surface area contributed by atoms with Gasteiger partial charge in [-0.15, -0.1) is 0 Å². The Balaban J connectivity index is 1.83. The standard InChI is InChI=1S/C18H24N4/c1-4-13(2)19-18-20-14(3)11-17(21-18)22-10-9-15-7-5-6-8-16(15)12-22/h5-8,11,13H,4,9-10,12H2,1-3H3,(H,19,20,21). The van der Waals surface area contributed by atoms with E-state index in [-0.39, 0.29) is 0 Å². The van der Waals surface area contributed by atoms with E-state index in [1.165, 1.54) is 11.1 Å². The minimum atomic E-state index is 0.386. The van der Waals surface area contributed by atoms with E-state index in [0.717, 1.165) is 43.4 Å². The van der Waals surface area contributed by atoms with Gasteiger partial charge in [0, 0.05) is 30.9 Å². The number of anilines is 2. The van der Waals surface area contributed by atoms with Gasteiger partial charge in [0.05, 0.1) is 0 Å². The third-order valence-electron chi connectivity index (χ3n) is 4.28. The summed E-state index contributed by atoms with van der Waals surface area (Å²) < 4.78 is 0. The molecule has 1 aromatic heterocycles. The third-order valence-corrected chi connectivity index (χ3v) is 4.28. The van der Waals surface area contributed by atoms with Gasteiger partial charge in [0.1, 0.15) is 5.82 Å². The van der Waals surface area contributed by atoms with Crippen LogP contribution in [0.1, 0.15) is 37.1 Å². The van der Waals surface area contributed by atoms with Crippen LogP contribution in [0.25, 0.3) is 0 Å². The molecule has 4 heteroatoms. The lowest BCUT2D eigenvalue weighted by atomic mass is 10.00. The molecular weight excluding hydrogens is 272 g/mol. The van der Waals surface area contributed by atoms with Crippen LogP contribution in [-0.2, 0) is 13.0 Å². The minimum absolute atomic E-state index is 0.386. The molecule has 0 saturated carbocycles. The molecule has 2 heterocycles. The van der Waals surface area contributed by atoms with Crippen molar-refractivity contribution in [2.75, 3.05) is 16.8 Å². The molecule has 3 rings (SSSR count). The number of aromatic nitrogens is 2. The topological polar surface area (TPSA) is 41.1 Å². The number of benzene rings is 1. The van der Waals surface area contributed by atoms with Crippen LogP contribution in [0.4, 0.5) is 11.8 Å². The number of aryl methyl sites for hydroxylation is 1. The first-order chi connectivity index (χ1) is 10.7. The second-order valence-electron chi connectivity index (χ2n) is 6.09. The maximum absolute atomic E-state index is 4.72. The summed E-state index contributed by atoms with van der Waals surface area (Å²) in [6.45, 7) is 8.29. The molecule has 0 radical (unpaired) electrons. The van der Waals surface area contributed by atoms with Crippen LogP contribution in [0.15, 0.2) is 30.3 Å². The Morgan fingerprint density at radius 2 is 2.00 bits per heavy atom. The number of nitrogens with zero attached hydrogens (tertiary/aromatic N) is 3. The van der Waals surface area contributed by atoms with Crippen LogP contribution in [0.3, 0.4) is 0 Å². The molecule has 1 N–H and O–H groups in total. The second kappa shape index (κ2) is 6.34. The Kier molecular flexibility index (Phi) is 4.27. The average molecular weight is 296 g/mol. The SMILES string of the molecule is CCC(C)Nc1nc(C)cc(N2CCc3ccccc3C2)n1. The van der Waals surface area contributed by atoms with Crippen molar-refractivity contribution in [3.63, 3.8) is 0 Å². The highest BCUT2D eigenvalue weighted by Crippen LogP contribution is 2.24. The highest BCUT2D eigenvalue weighted by atomic mass is 15.2. The normalized spacial score (nSPS) is 15.3. The molecule has 116 valence electrons. The fourth-order valence-electron chi connectivity index (χ4n) is 2.79. The fraction of sp³-hybridized carbons (Fsp3) is 0.444. The van der Waals surface area contributed by atoms with Crippen molar-refractivity contribution in [2.45, 2.75) is 46.2 Å². The summed E-state index contributed by atoms with van der Waals surface area (Å²) >= 11 is 0. The lowest BCUT2D eigenvalue weighted by Gasteiger charge is -2.30. The Morgan fingerprint density at radius 1 is 1.23 bits per heavy atom. The second-order valence-corrected chi connectivity index (χ2v) is 6.09. The van der Waals surface area contributed by atoms with Gasteiger partial charge in [-0.1, -0.05) is 31.2 Å². The first kappa shape index (κ1) is 14.8. The molecule has 0 spiro atoms. The van der Waals surface area contributed by atoms with Gasteiger partial charge in [-0.25, -0.2) is 4.98 Å². The quantitative estimate of drug-likeness (QED) is 0.936. The van der Waals surface area contributed by atoms with Crippen molar-refractivity contribution in [2.24, 2.45) is 0 Å². The number of rotatable bonds is 4. The van der Waals surface area contributed by atoms with Gasteiger partial charge < -0.3 is 10.2 Å². The van der Waals surface area contributed by atoms with Crippen molar-refractivity contribution < 1.29 is 0 Å². The van der Waals surface area contributed by atoms with E-state index in [0.29, 0.717) is 6.04 Å². The van der Waals surface area contributed by atoms with Crippen LogP contribution >= 0.6 is 0 Å². The van der Waals surface area contributed by atoms with Crippen molar-refractivity contribution in [1.82, 2.24) is 9.97 Å². The first-order valence-electron chi connectivity index (χ1n) is 8.09. The van der Waals surface area contributed by atoms with Crippen molar-refractivity contribution in [1.29, 1.82) is 0 Å². The van der Waals surface area contributed by atoms with Gasteiger partial charge >= 0.3 is 0 Å². The van der Waals surface area contributed by atoms with E-state index in [1.807, 2.05) is 6.92 Å². The molecule has 0 bridgehead atoms. The maximum Gasteiger partial charge on any atom is 0.225 e. The zero-order chi connectivity index (χ0) is 15.5. The molecule has 0 fully saturated rings. The summed E-state index contributed by atoms with van der Waals surface area (Å²) in [6, 6.07) is 11.1. The molecular formula is C18H24N4. The van der Waals surface area contributed by atoms with E-state index in [1.54, 1.807) is 0 Å². The molecule has 4 nitrogen and oxygen atoms in total. The number of hydrogen-bond acceptors (Lipinski definition) is 4. The summed E-state index contributed by atoms with van der Waals surface area (Å²) in [4.78, 5) is 11.6. The third kappa shape index (κ3) is 3.21. The van der Waals surface area contributed by atoms with Crippen LogP contribution < -0.4 is 10.2 Å².